The van der Waals surface area contributed by atoms with E-state index in [2.05, 4.69) is 4.90 Å². The van der Waals surface area contributed by atoms with Gasteiger partial charge < -0.3 is 15.7 Å². The Labute approximate surface area is 84.1 Å². The molecule has 1 aromatic carbocycles. The van der Waals surface area contributed by atoms with Crippen LogP contribution in [0.25, 0.3) is 0 Å². The summed E-state index contributed by atoms with van der Waals surface area (Å²) in [7, 11) is 0. The maximum absolute atomic E-state index is 9.34. The Balaban J connectivity index is 2.08. The van der Waals surface area contributed by atoms with Gasteiger partial charge in [0, 0.05) is 30.9 Å². The zero-order valence-corrected chi connectivity index (χ0v) is 8.19. The molecule has 2 rings (SSSR count). The summed E-state index contributed by atoms with van der Waals surface area (Å²) in [5, 5.41) is 9.34. The summed E-state index contributed by atoms with van der Waals surface area (Å²) in [5.74, 6) is 0.331. The van der Waals surface area contributed by atoms with Gasteiger partial charge in [-0.3, -0.25) is 0 Å². The van der Waals surface area contributed by atoms with Crippen LogP contribution in [0.1, 0.15) is 12.8 Å². The molecule has 1 aliphatic rings. The number of hydrogen-bond donors (Lipinski definition) is 2. The van der Waals surface area contributed by atoms with Crippen molar-refractivity contribution in [1.29, 1.82) is 0 Å². The molecule has 1 aromatic rings. The van der Waals surface area contributed by atoms with Crippen LogP contribution >= 0.6 is 0 Å². The Morgan fingerprint density at radius 3 is 2.64 bits per heavy atom. The van der Waals surface area contributed by atoms with Crippen LogP contribution in [0.5, 0.6) is 5.75 Å². The summed E-state index contributed by atoms with van der Waals surface area (Å²) in [6, 6.07) is 7.75. The number of aromatic hydroxyl groups is 1. The summed E-state index contributed by atoms with van der Waals surface area (Å²) in [4.78, 5) is 2.27. The van der Waals surface area contributed by atoms with Gasteiger partial charge in [-0.1, -0.05) is 6.07 Å². The number of nitrogens with zero attached hydrogens (tertiary/aromatic N) is 1. The first-order valence-electron chi connectivity index (χ1n) is 5.05. The molecule has 3 nitrogen and oxygen atoms in total. The van der Waals surface area contributed by atoms with Crippen molar-refractivity contribution in [1.82, 2.24) is 0 Å². The van der Waals surface area contributed by atoms with Gasteiger partial charge in [0.05, 0.1) is 0 Å². The maximum atomic E-state index is 9.34. The van der Waals surface area contributed by atoms with Gasteiger partial charge in [0.25, 0.3) is 0 Å². The number of benzene rings is 1. The summed E-state index contributed by atoms with van der Waals surface area (Å²) in [6.07, 6.45) is 2.07. The highest BCUT2D eigenvalue weighted by atomic mass is 16.3. The molecule has 0 amide bonds. The Hall–Kier alpha value is -1.22. The number of anilines is 1. The number of piperidine rings is 1. The maximum Gasteiger partial charge on any atom is 0.117 e. The van der Waals surface area contributed by atoms with Crippen LogP contribution in [0.3, 0.4) is 0 Å². The molecular formula is C11H16N2O. The monoisotopic (exact) mass is 192 g/mol. The second-order valence-corrected chi connectivity index (χ2v) is 3.84. The van der Waals surface area contributed by atoms with E-state index >= 15 is 0 Å². The minimum Gasteiger partial charge on any atom is -0.508 e. The van der Waals surface area contributed by atoms with Gasteiger partial charge in [-0.25, -0.2) is 0 Å². The first-order chi connectivity index (χ1) is 6.75. The van der Waals surface area contributed by atoms with Gasteiger partial charge >= 0.3 is 0 Å². The average molecular weight is 192 g/mol. The van der Waals surface area contributed by atoms with Crippen molar-refractivity contribution in [2.75, 3.05) is 18.0 Å². The van der Waals surface area contributed by atoms with Gasteiger partial charge in [-0.2, -0.15) is 0 Å². The fourth-order valence-corrected chi connectivity index (χ4v) is 1.85. The molecule has 14 heavy (non-hydrogen) atoms. The number of phenolic OH excluding ortho intramolecular Hbond substituents is 1. The zero-order valence-electron chi connectivity index (χ0n) is 8.19. The number of nitrogens with two attached hydrogens (primary N) is 1. The predicted octanol–water partition coefficient (Wildman–Crippen LogP) is 1.32. The molecule has 0 bridgehead atoms. The highest BCUT2D eigenvalue weighted by molar-refractivity contribution is 5.50. The van der Waals surface area contributed by atoms with Gasteiger partial charge in [0.15, 0.2) is 0 Å². The minimum absolute atomic E-state index is 0.331. The Kier molecular flexibility index (Phi) is 2.59. The Bertz CT molecular complexity index is 306. The first-order valence-corrected chi connectivity index (χ1v) is 5.05. The third-order valence-electron chi connectivity index (χ3n) is 2.73. The molecule has 0 aromatic heterocycles. The molecule has 1 heterocycles. The molecule has 1 saturated heterocycles. The van der Waals surface area contributed by atoms with Gasteiger partial charge in [-0.05, 0) is 25.0 Å². The summed E-state index contributed by atoms with van der Waals surface area (Å²) in [5.41, 5.74) is 6.92. The molecule has 0 atom stereocenters. The first kappa shape index (κ1) is 9.34. The highest BCUT2D eigenvalue weighted by Crippen LogP contribution is 2.22. The van der Waals surface area contributed by atoms with Crippen molar-refractivity contribution < 1.29 is 5.11 Å². The average Bonchev–Trinajstić information content (AvgIpc) is 2.19. The molecule has 3 heteroatoms. The van der Waals surface area contributed by atoms with Crippen LogP contribution in [0.2, 0.25) is 0 Å². The lowest BCUT2D eigenvalue weighted by atomic mass is 10.1. The quantitative estimate of drug-likeness (QED) is 0.705. The van der Waals surface area contributed by atoms with Crippen LogP contribution in [0.15, 0.2) is 24.3 Å². The van der Waals surface area contributed by atoms with E-state index in [1.54, 1.807) is 12.1 Å². The SMILES string of the molecule is NC1CCN(c2cccc(O)c2)CC1. The van der Waals surface area contributed by atoms with Crippen LogP contribution in [-0.2, 0) is 0 Å². The largest absolute Gasteiger partial charge is 0.508 e. The third kappa shape index (κ3) is 1.99. The van der Waals surface area contributed by atoms with Crippen molar-refractivity contribution in [3.05, 3.63) is 24.3 Å². The lowest BCUT2D eigenvalue weighted by Crippen LogP contribution is -2.39. The molecule has 0 unspecified atom stereocenters. The van der Waals surface area contributed by atoms with Crippen molar-refractivity contribution in [3.63, 3.8) is 0 Å². The van der Waals surface area contributed by atoms with Crippen molar-refractivity contribution in [2.45, 2.75) is 18.9 Å². The molecule has 76 valence electrons. The third-order valence-corrected chi connectivity index (χ3v) is 2.73. The fraction of sp³-hybridized carbons (Fsp3) is 0.455. The summed E-state index contributed by atoms with van der Waals surface area (Å²) >= 11 is 0. The number of rotatable bonds is 1. The van der Waals surface area contributed by atoms with E-state index in [1.165, 1.54) is 0 Å². The van der Waals surface area contributed by atoms with Gasteiger partial charge in [-0.15, -0.1) is 0 Å². The predicted molar refractivity (Wildman–Crippen MR) is 57.5 cm³/mol. The lowest BCUT2D eigenvalue weighted by Gasteiger charge is -2.31. The molecule has 0 saturated carbocycles. The van der Waals surface area contributed by atoms with Crippen LogP contribution in [0.4, 0.5) is 5.69 Å². The molecule has 0 spiro atoms. The Morgan fingerprint density at radius 1 is 1.29 bits per heavy atom. The van der Waals surface area contributed by atoms with Crippen molar-refractivity contribution in [3.8, 4) is 5.75 Å². The number of phenols is 1. The topological polar surface area (TPSA) is 49.5 Å². The highest BCUT2D eigenvalue weighted by Gasteiger charge is 2.16. The lowest BCUT2D eigenvalue weighted by molar-refractivity contribution is 0.473. The van der Waals surface area contributed by atoms with E-state index in [4.69, 9.17) is 5.73 Å². The van der Waals surface area contributed by atoms with Crippen LogP contribution in [0, 0.1) is 0 Å². The molecule has 0 radical (unpaired) electrons. The van der Waals surface area contributed by atoms with E-state index in [0.717, 1.165) is 31.6 Å². The van der Waals surface area contributed by atoms with Crippen molar-refractivity contribution >= 4 is 5.69 Å². The standard InChI is InChI=1S/C11H16N2O/c12-9-4-6-13(7-5-9)10-2-1-3-11(14)8-10/h1-3,8-9,14H,4-7,12H2. The van der Waals surface area contributed by atoms with Gasteiger partial charge in [0.2, 0.25) is 0 Å². The second-order valence-electron chi connectivity index (χ2n) is 3.84. The smallest absolute Gasteiger partial charge is 0.117 e. The van der Waals surface area contributed by atoms with E-state index in [0.29, 0.717) is 11.8 Å². The summed E-state index contributed by atoms with van der Waals surface area (Å²) < 4.78 is 0. The molecule has 1 fully saturated rings. The molecular weight excluding hydrogens is 176 g/mol. The molecule has 3 N–H and O–H groups in total. The minimum atomic E-state index is 0.331. The van der Waals surface area contributed by atoms with E-state index in [1.807, 2.05) is 12.1 Å². The Morgan fingerprint density at radius 2 is 2.00 bits per heavy atom. The van der Waals surface area contributed by atoms with E-state index in [-0.39, 0.29) is 0 Å². The van der Waals surface area contributed by atoms with Crippen LogP contribution in [-0.4, -0.2) is 24.2 Å². The van der Waals surface area contributed by atoms with E-state index in [9.17, 15) is 5.11 Å². The normalized spacial score (nSPS) is 18.5. The summed E-state index contributed by atoms with van der Waals surface area (Å²) in [6.45, 7) is 1.98. The fourth-order valence-electron chi connectivity index (χ4n) is 1.85. The molecule has 1 aliphatic heterocycles. The van der Waals surface area contributed by atoms with Crippen molar-refractivity contribution in [2.24, 2.45) is 5.73 Å². The van der Waals surface area contributed by atoms with Gasteiger partial charge in [0.1, 0.15) is 5.75 Å². The van der Waals surface area contributed by atoms with E-state index < -0.39 is 0 Å². The molecule has 0 aliphatic carbocycles. The van der Waals surface area contributed by atoms with Crippen LogP contribution < -0.4 is 10.6 Å². The second kappa shape index (κ2) is 3.88. The number of hydrogen-bond acceptors (Lipinski definition) is 3. The zero-order chi connectivity index (χ0) is 9.97.